The van der Waals surface area contributed by atoms with Crippen LogP contribution in [0.15, 0.2) is 146 Å². The van der Waals surface area contributed by atoms with E-state index in [4.69, 9.17) is 27.5 Å². The monoisotopic (exact) mass is 652 g/mol. The lowest BCUT2D eigenvalue weighted by Gasteiger charge is -2.15. The van der Waals surface area contributed by atoms with E-state index >= 15 is 0 Å². The number of fused-ring (bicyclic) bond motifs is 2. The Hall–Kier alpha value is -5.96. The summed E-state index contributed by atoms with van der Waals surface area (Å²) in [7, 11) is 0. The molecule has 0 saturated carbocycles. The number of nitrogens with zero attached hydrogens (tertiary/aromatic N) is 6. The molecule has 0 N–H and O–H groups in total. The minimum Gasteiger partial charge on any atom is -0.245 e. The molecule has 6 nitrogen and oxygen atoms in total. The fourth-order valence-electron chi connectivity index (χ4n) is 6.24. The van der Waals surface area contributed by atoms with E-state index in [0.717, 1.165) is 89.4 Å². The molecule has 0 spiro atoms. The zero-order valence-corrected chi connectivity index (χ0v) is 27.0. The van der Waals surface area contributed by atoms with Crippen LogP contribution in [-0.2, 0) is 0 Å². The first-order chi connectivity index (χ1) is 23.8. The number of rotatable bonds is 6. The molecule has 8 heteroatoms. The fraction of sp³-hybridized carbons (Fsp3) is 0. The number of hydrogen-bond acceptors (Lipinski definition) is 8. The first-order valence-corrected chi connectivity index (χ1v) is 16.9. The predicted molar refractivity (Wildman–Crippen MR) is 197 cm³/mol. The van der Waals surface area contributed by atoms with Crippen molar-refractivity contribution in [2.75, 3.05) is 0 Å². The summed E-state index contributed by atoms with van der Waals surface area (Å²) < 4.78 is 19.0. The summed E-state index contributed by atoms with van der Waals surface area (Å²) in [6.45, 7) is 0. The van der Waals surface area contributed by atoms with Gasteiger partial charge >= 0.3 is 0 Å². The summed E-state index contributed by atoms with van der Waals surface area (Å²) in [6, 6.07) is 49.6. The van der Waals surface area contributed by atoms with Gasteiger partial charge in [0.05, 0.1) is 46.2 Å². The second kappa shape index (κ2) is 12.0. The molecule has 0 amide bonds. The van der Waals surface area contributed by atoms with E-state index in [9.17, 15) is 0 Å². The van der Waals surface area contributed by atoms with Gasteiger partial charge in [0.2, 0.25) is 0 Å². The molecule has 0 fully saturated rings. The van der Waals surface area contributed by atoms with Crippen LogP contribution in [0.2, 0.25) is 0 Å². The summed E-state index contributed by atoms with van der Waals surface area (Å²) in [4.78, 5) is 10.6. The van der Waals surface area contributed by atoms with Crippen LogP contribution in [-0.4, -0.2) is 27.5 Å². The van der Waals surface area contributed by atoms with Crippen molar-refractivity contribution in [3.05, 3.63) is 146 Å². The molecule has 4 heterocycles. The minimum absolute atomic E-state index is 0.806. The van der Waals surface area contributed by atoms with Gasteiger partial charge < -0.3 is 0 Å². The fourth-order valence-corrected chi connectivity index (χ4v) is 7.35. The van der Waals surface area contributed by atoms with Gasteiger partial charge in [-0.25, -0.2) is 9.97 Å². The predicted octanol–water partition coefficient (Wildman–Crippen LogP) is 10.5. The van der Waals surface area contributed by atoms with Gasteiger partial charge in [0.1, 0.15) is 22.1 Å². The molecule has 0 unspecified atom stereocenters. The van der Waals surface area contributed by atoms with E-state index in [1.54, 1.807) is 0 Å². The molecule has 5 aromatic carbocycles. The van der Waals surface area contributed by atoms with E-state index in [0.29, 0.717) is 0 Å². The van der Waals surface area contributed by atoms with Crippen LogP contribution in [0.4, 0.5) is 0 Å². The zero-order chi connectivity index (χ0) is 31.9. The summed E-state index contributed by atoms with van der Waals surface area (Å²) in [6.07, 6.45) is 0. The van der Waals surface area contributed by atoms with E-state index < -0.39 is 0 Å². The van der Waals surface area contributed by atoms with Gasteiger partial charge in [0.25, 0.3) is 0 Å². The van der Waals surface area contributed by atoms with Crippen LogP contribution in [0.25, 0.3) is 89.4 Å². The summed E-state index contributed by atoms with van der Waals surface area (Å²) >= 11 is 2.43. The largest absolute Gasteiger partial charge is 0.245 e. The Labute approximate surface area is 284 Å². The van der Waals surface area contributed by atoms with E-state index in [1.165, 1.54) is 23.5 Å². The first-order valence-electron chi connectivity index (χ1n) is 15.5. The Morgan fingerprint density at radius 2 is 0.562 bits per heavy atom. The molecular weight excluding hydrogens is 629 g/mol. The van der Waals surface area contributed by atoms with Crippen molar-refractivity contribution < 1.29 is 0 Å². The molecule has 9 aromatic rings. The lowest BCUT2D eigenvalue weighted by molar-refractivity contribution is 1.32. The second-order valence-electron chi connectivity index (χ2n) is 11.3. The zero-order valence-electron chi connectivity index (χ0n) is 25.4. The Balaban J connectivity index is 1.27. The number of benzene rings is 5. The van der Waals surface area contributed by atoms with Gasteiger partial charge in [-0.1, -0.05) is 146 Å². The lowest BCUT2D eigenvalue weighted by Crippen LogP contribution is -1.97. The normalized spacial score (nSPS) is 11.3. The Morgan fingerprint density at radius 3 is 0.917 bits per heavy atom. The number of pyridine rings is 2. The highest BCUT2D eigenvalue weighted by Crippen LogP contribution is 2.43. The Kier molecular flexibility index (Phi) is 7.07. The van der Waals surface area contributed by atoms with Crippen LogP contribution in [0.5, 0.6) is 0 Å². The van der Waals surface area contributed by atoms with Crippen molar-refractivity contribution in [2.24, 2.45) is 0 Å². The molecule has 9 rings (SSSR count). The highest BCUT2D eigenvalue weighted by Gasteiger charge is 2.23. The van der Waals surface area contributed by atoms with E-state index in [-0.39, 0.29) is 0 Å². The van der Waals surface area contributed by atoms with Crippen LogP contribution in [0.3, 0.4) is 0 Å². The van der Waals surface area contributed by atoms with E-state index in [1.807, 2.05) is 72.8 Å². The maximum absolute atomic E-state index is 5.32. The van der Waals surface area contributed by atoms with Crippen molar-refractivity contribution in [3.8, 4) is 67.3 Å². The van der Waals surface area contributed by atoms with Gasteiger partial charge in [0, 0.05) is 33.4 Å². The number of aromatic nitrogens is 6. The third-order valence-electron chi connectivity index (χ3n) is 8.47. The van der Waals surface area contributed by atoms with Crippen LogP contribution >= 0.6 is 23.5 Å². The third kappa shape index (κ3) is 4.86. The van der Waals surface area contributed by atoms with Crippen LogP contribution < -0.4 is 0 Å². The molecule has 226 valence electrons. The average molecular weight is 653 g/mol. The van der Waals surface area contributed by atoms with Gasteiger partial charge in [0.15, 0.2) is 0 Å². The SMILES string of the molecule is c1ccc(-c2nc(-c3ccc(-c4nc(-c5ccccc5)c5nsnc5c4-c4ccccc4)cc3)c(-c3ccccc3)c3nsnc23)cc1. The van der Waals surface area contributed by atoms with Crippen molar-refractivity contribution in [1.29, 1.82) is 0 Å². The topological polar surface area (TPSA) is 77.3 Å². The first kappa shape index (κ1) is 28.3. The summed E-state index contributed by atoms with van der Waals surface area (Å²) in [5, 5.41) is 0. The van der Waals surface area contributed by atoms with Crippen molar-refractivity contribution in [3.63, 3.8) is 0 Å². The van der Waals surface area contributed by atoms with Crippen molar-refractivity contribution in [2.45, 2.75) is 0 Å². The maximum Gasteiger partial charge on any atom is 0.131 e. The average Bonchev–Trinajstić information content (AvgIpc) is 3.86. The lowest BCUT2D eigenvalue weighted by atomic mass is 9.93. The number of hydrogen-bond donors (Lipinski definition) is 0. The minimum atomic E-state index is 0.806. The van der Waals surface area contributed by atoms with Crippen LogP contribution in [0, 0.1) is 0 Å². The molecule has 48 heavy (non-hydrogen) atoms. The summed E-state index contributed by atoms with van der Waals surface area (Å²) in [5.41, 5.74) is 14.6. The molecule has 0 saturated heterocycles. The highest BCUT2D eigenvalue weighted by molar-refractivity contribution is 7.00. The maximum atomic E-state index is 5.32. The molecule has 0 bridgehead atoms. The van der Waals surface area contributed by atoms with Gasteiger partial charge in [-0.15, -0.1) is 0 Å². The Morgan fingerprint density at radius 1 is 0.271 bits per heavy atom. The van der Waals surface area contributed by atoms with Crippen LogP contribution in [0.1, 0.15) is 0 Å². The van der Waals surface area contributed by atoms with Gasteiger partial charge in [-0.3, -0.25) is 0 Å². The highest BCUT2D eigenvalue weighted by atomic mass is 32.1. The second-order valence-corrected chi connectivity index (χ2v) is 12.4. The molecule has 4 aromatic heterocycles. The van der Waals surface area contributed by atoms with Crippen molar-refractivity contribution >= 4 is 45.5 Å². The molecule has 0 aliphatic heterocycles. The third-order valence-corrected chi connectivity index (χ3v) is 9.53. The smallest absolute Gasteiger partial charge is 0.131 e. The molecular formula is C40H24N6S2. The molecule has 0 aliphatic rings. The van der Waals surface area contributed by atoms with Gasteiger partial charge in [-0.2, -0.15) is 17.5 Å². The summed E-state index contributed by atoms with van der Waals surface area (Å²) in [5.74, 6) is 0. The molecule has 0 atom stereocenters. The standard InChI is InChI=1S/C40H24N6S2/c1-5-13-25(14-6-1)31-33(41-35(27-17-9-3-10-18-27)39-37(31)43-47-45-39)29-21-23-30(24-22-29)34-32(26-15-7-2-8-16-26)38-40(46-48-44-38)36(42-34)28-19-11-4-12-20-28/h1-24H. The van der Waals surface area contributed by atoms with Crippen molar-refractivity contribution in [1.82, 2.24) is 27.5 Å². The van der Waals surface area contributed by atoms with Gasteiger partial charge in [-0.05, 0) is 11.1 Å². The molecule has 0 radical (unpaired) electrons. The Bertz CT molecular complexity index is 2350. The quantitative estimate of drug-likeness (QED) is 0.178. The molecule has 0 aliphatic carbocycles. The van der Waals surface area contributed by atoms with E-state index in [2.05, 4.69) is 72.8 Å².